The lowest BCUT2D eigenvalue weighted by Crippen LogP contribution is -2.25. The molecular weight excluding hydrogens is 360 g/mol. The number of hydrogen-bond donors (Lipinski definition) is 1. The molecule has 0 aliphatic heterocycles. The Morgan fingerprint density at radius 2 is 1.21 bits per heavy atom. The fourth-order valence-electron chi connectivity index (χ4n) is 4.62. The molecule has 2 aromatic rings. The van der Waals surface area contributed by atoms with Gasteiger partial charge in [-0.2, -0.15) is 0 Å². The van der Waals surface area contributed by atoms with E-state index in [2.05, 4.69) is 52.3 Å². The van der Waals surface area contributed by atoms with Crippen molar-refractivity contribution in [3.05, 3.63) is 69.7 Å². The molecule has 0 spiro atoms. The van der Waals surface area contributed by atoms with Gasteiger partial charge in [-0.15, -0.1) is 0 Å². The summed E-state index contributed by atoms with van der Waals surface area (Å²) in [7, 11) is 0. The van der Waals surface area contributed by atoms with Crippen LogP contribution in [0.15, 0.2) is 58.6 Å². The third-order valence-corrected chi connectivity index (χ3v) is 6.20. The number of halogens is 1. The Bertz CT molecular complexity index is 671. The summed E-state index contributed by atoms with van der Waals surface area (Å²) in [5.41, 5.74) is 5.64. The van der Waals surface area contributed by atoms with Crippen LogP contribution in [0.4, 0.5) is 0 Å². The van der Waals surface area contributed by atoms with Crippen LogP contribution in [0, 0.1) is 11.8 Å². The fraction of sp³-hybridized carbons (Fsp3) is 0.364. The average Bonchev–Trinajstić information content (AvgIpc) is 2.58. The summed E-state index contributed by atoms with van der Waals surface area (Å²) >= 11 is 3.56. The molecule has 4 rings (SSSR count). The highest BCUT2D eigenvalue weighted by Crippen LogP contribution is 2.48. The van der Waals surface area contributed by atoms with Crippen LogP contribution < -0.4 is 0 Å². The molecule has 0 aromatic heterocycles. The number of phenols is 1. The number of phenolic OH excluding ortho intramolecular Hbond substituents is 1. The molecule has 2 heteroatoms. The third-order valence-electron chi connectivity index (χ3n) is 5.67. The van der Waals surface area contributed by atoms with Crippen LogP contribution >= 0.6 is 15.9 Å². The molecule has 2 aliphatic rings. The van der Waals surface area contributed by atoms with E-state index in [0.29, 0.717) is 5.75 Å². The van der Waals surface area contributed by atoms with Gasteiger partial charge in [-0.05, 0) is 78.5 Å². The molecule has 0 saturated heterocycles. The van der Waals surface area contributed by atoms with Gasteiger partial charge in [0.2, 0.25) is 0 Å². The number of fused-ring (bicyclic) bond motifs is 2. The zero-order chi connectivity index (χ0) is 16.5. The van der Waals surface area contributed by atoms with Crippen molar-refractivity contribution in [3.8, 4) is 5.75 Å². The van der Waals surface area contributed by atoms with E-state index in [4.69, 9.17) is 0 Å². The van der Waals surface area contributed by atoms with Crippen LogP contribution in [-0.4, -0.2) is 5.11 Å². The van der Waals surface area contributed by atoms with Crippen molar-refractivity contribution >= 4 is 21.5 Å². The average molecular weight is 383 g/mol. The molecule has 0 atom stereocenters. The van der Waals surface area contributed by atoms with Crippen molar-refractivity contribution in [2.75, 3.05) is 0 Å². The molecule has 2 bridgehead atoms. The zero-order valence-corrected chi connectivity index (χ0v) is 15.4. The smallest absolute Gasteiger partial charge is 0.115 e. The van der Waals surface area contributed by atoms with Crippen molar-refractivity contribution in [2.45, 2.75) is 38.5 Å². The standard InChI is InChI=1S/C22H23BrO/c23-19-11-7-17(8-12-19)22(18-9-13-20(24)14-10-18)21-15-3-1-4-16(21)6-2-5-15/h7-16,24H,1-6H2. The molecule has 0 amide bonds. The molecule has 2 saturated carbocycles. The summed E-state index contributed by atoms with van der Waals surface area (Å²) < 4.78 is 1.12. The van der Waals surface area contributed by atoms with E-state index in [1.54, 1.807) is 5.57 Å². The van der Waals surface area contributed by atoms with Gasteiger partial charge in [0.05, 0.1) is 0 Å². The Balaban J connectivity index is 1.91. The Hall–Kier alpha value is -1.54. The minimum Gasteiger partial charge on any atom is -0.508 e. The lowest BCUT2D eigenvalue weighted by Gasteiger charge is -2.39. The van der Waals surface area contributed by atoms with Crippen LogP contribution in [-0.2, 0) is 0 Å². The van der Waals surface area contributed by atoms with Crippen LogP contribution in [0.25, 0.3) is 5.57 Å². The molecule has 24 heavy (non-hydrogen) atoms. The lowest BCUT2D eigenvalue weighted by atomic mass is 9.65. The maximum Gasteiger partial charge on any atom is 0.115 e. The largest absolute Gasteiger partial charge is 0.508 e. The van der Waals surface area contributed by atoms with Crippen molar-refractivity contribution in [1.29, 1.82) is 0 Å². The predicted octanol–water partition coefficient (Wildman–Crippen LogP) is 6.56. The number of benzene rings is 2. The van der Waals surface area contributed by atoms with Gasteiger partial charge < -0.3 is 5.11 Å². The normalized spacial score (nSPS) is 23.1. The number of allylic oxidation sites excluding steroid dienone is 1. The molecule has 0 radical (unpaired) electrons. The van der Waals surface area contributed by atoms with Crippen molar-refractivity contribution in [1.82, 2.24) is 0 Å². The molecule has 2 fully saturated rings. The maximum absolute atomic E-state index is 9.69. The maximum atomic E-state index is 9.69. The van der Waals surface area contributed by atoms with Gasteiger partial charge in [-0.25, -0.2) is 0 Å². The van der Waals surface area contributed by atoms with Gasteiger partial charge in [-0.3, -0.25) is 0 Å². The molecule has 2 aliphatic carbocycles. The van der Waals surface area contributed by atoms with E-state index in [1.807, 2.05) is 12.1 Å². The second kappa shape index (κ2) is 6.76. The minimum atomic E-state index is 0.336. The SMILES string of the molecule is Oc1ccc(C(=C2C3CCCC2CCC3)c2ccc(Br)cc2)cc1. The van der Waals surface area contributed by atoms with Crippen molar-refractivity contribution < 1.29 is 5.11 Å². The quantitative estimate of drug-likeness (QED) is 0.623. The van der Waals surface area contributed by atoms with E-state index in [9.17, 15) is 5.11 Å². The number of hydrogen-bond acceptors (Lipinski definition) is 1. The highest BCUT2D eigenvalue weighted by atomic mass is 79.9. The topological polar surface area (TPSA) is 20.2 Å². The Labute approximate surface area is 152 Å². The summed E-state index contributed by atoms with van der Waals surface area (Å²) in [6, 6.07) is 16.5. The van der Waals surface area contributed by atoms with Crippen LogP contribution in [0.3, 0.4) is 0 Å². The first-order valence-corrected chi connectivity index (χ1v) is 9.81. The predicted molar refractivity (Wildman–Crippen MR) is 103 cm³/mol. The molecular formula is C22H23BrO. The Morgan fingerprint density at radius 3 is 1.71 bits per heavy atom. The summed E-state index contributed by atoms with van der Waals surface area (Å²) in [4.78, 5) is 0. The van der Waals surface area contributed by atoms with E-state index in [-0.39, 0.29) is 0 Å². The lowest BCUT2D eigenvalue weighted by molar-refractivity contribution is 0.279. The Morgan fingerprint density at radius 1 is 0.750 bits per heavy atom. The first kappa shape index (κ1) is 16.0. The highest BCUT2D eigenvalue weighted by Gasteiger charge is 2.33. The van der Waals surface area contributed by atoms with Gasteiger partial charge in [0.1, 0.15) is 5.75 Å². The second-order valence-corrected chi connectivity index (χ2v) is 8.06. The molecule has 0 unspecified atom stereocenters. The van der Waals surface area contributed by atoms with Gasteiger partial charge in [0, 0.05) is 4.47 Å². The molecule has 0 heterocycles. The minimum absolute atomic E-state index is 0.336. The third kappa shape index (κ3) is 3.04. The van der Waals surface area contributed by atoms with Gasteiger partial charge >= 0.3 is 0 Å². The van der Waals surface area contributed by atoms with Crippen molar-refractivity contribution in [3.63, 3.8) is 0 Å². The fourth-order valence-corrected chi connectivity index (χ4v) is 4.88. The van der Waals surface area contributed by atoms with Crippen LogP contribution in [0.1, 0.15) is 49.7 Å². The molecule has 1 nitrogen and oxygen atoms in total. The summed E-state index contributed by atoms with van der Waals surface area (Å²) in [5, 5.41) is 9.69. The first-order chi connectivity index (χ1) is 11.7. The highest BCUT2D eigenvalue weighted by molar-refractivity contribution is 9.10. The van der Waals surface area contributed by atoms with E-state index >= 15 is 0 Å². The van der Waals surface area contributed by atoms with E-state index < -0.39 is 0 Å². The van der Waals surface area contributed by atoms with E-state index in [1.165, 1.54) is 55.2 Å². The monoisotopic (exact) mass is 382 g/mol. The molecule has 1 N–H and O–H groups in total. The van der Waals surface area contributed by atoms with Gasteiger partial charge in [0.25, 0.3) is 0 Å². The Kier molecular flexibility index (Phi) is 4.49. The van der Waals surface area contributed by atoms with E-state index in [0.717, 1.165) is 16.3 Å². The number of rotatable bonds is 2. The van der Waals surface area contributed by atoms with Gasteiger partial charge in [-0.1, -0.05) is 58.6 Å². The summed E-state index contributed by atoms with van der Waals surface area (Å²) in [5.74, 6) is 1.82. The molecule has 2 aromatic carbocycles. The zero-order valence-electron chi connectivity index (χ0n) is 13.8. The summed E-state index contributed by atoms with van der Waals surface area (Å²) in [6.07, 6.45) is 8.10. The van der Waals surface area contributed by atoms with Crippen LogP contribution in [0.2, 0.25) is 0 Å². The number of aromatic hydroxyl groups is 1. The summed E-state index contributed by atoms with van der Waals surface area (Å²) in [6.45, 7) is 0. The van der Waals surface area contributed by atoms with Crippen molar-refractivity contribution in [2.24, 2.45) is 11.8 Å². The first-order valence-electron chi connectivity index (χ1n) is 9.02. The molecule has 124 valence electrons. The van der Waals surface area contributed by atoms with Gasteiger partial charge in [0.15, 0.2) is 0 Å². The second-order valence-electron chi connectivity index (χ2n) is 7.14. The van der Waals surface area contributed by atoms with Crippen LogP contribution in [0.5, 0.6) is 5.75 Å².